The van der Waals surface area contributed by atoms with Crippen molar-refractivity contribution in [2.45, 2.75) is 25.8 Å². The van der Waals surface area contributed by atoms with Crippen molar-refractivity contribution >= 4 is 11.7 Å². The van der Waals surface area contributed by atoms with Crippen molar-refractivity contribution in [3.63, 3.8) is 0 Å². The highest BCUT2D eigenvalue weighted by atomic mass is 16.4. The maximum absolute atomic E-state index is 10.8. The molecule has 0 aliphatic carbocycles. The van der Waals surface area contributed by atoms with Crippen molar-refractivity contribution in [1.82, 2.24) is 0 Å². The van der Waals surface area contributed by atoms with Gasteiger partial charge in [-0.3, -0.25) is 4.79 Å². The lowest BCUT2D eigenvalue weighted by Crippen LogP contribution is -2.40. The quantitative estimate of drug-likeness (QED) is 0.801. The first kappa shape index (κ1) is 10.0. The van der Waals surface area contributed by atoms with Crippen LogP contribution in [-0.2, 0) is 11.2 Å². The summed E-state index contributed by atoms with van der Waals surface area (Å²) in [7, 11) is 0. The van der Waals surface area contributed by atoms with E-state index >= 15 is 0 Å². The molecule has 3 heteroatoms. The standard InChI is InChI=1S/C12H15NO2/c1-9-6-7-10-4-2-3-5-11(10)13(9)8-12(14)15/h2-5,9H,6-8H2,1H3,(H,14,15). The van der Waals surface area contributed by atoms with Gasteiger partial charge in [0.25, 0.3) is 0 Å². The summed E-state index contributed by atoms with van der Waals surface area (Å²) in [4.78, 5) is 12.8. The summed E-state index contributed by atoms with van der Waals surface area (Å²) in [6, 6.07) is 8.37. The van der Waals surface area contributed by atoms with Crippen LogP contribution in [0.25, 0.3) is 0 Å². The Morgan fingerprint density at radius 2 is 2.27 bits per heavy atom. The second-order valence-electron chi connectivity index (χ2n) is 4.04. The number of hydrogen-bond acceptors (Lipinski definition) is 2. The third-order valence-electron chi connectivity index (χ3n) is 2.97. The molecule has 80 valence electrons. The summed E-state index contributed by atoms with van der Waals surface area (Å²) in [6.45, 7) is 2.18. The van der Waals surface area contributed by atoms with Gasteiger partial charge in [0.2, 0.25) is 0 Å². The third-order valence-corrected chi connectivity index (χ3v) is 2.97. The number of carboxylic acids is 1. The van der Waals surface area contributed by atoms with Gasteiger partial charge in [-0.1, -0.05) is 18.2 Å². The maximum atomic E-state index is 10.8. The molecule has 1 aromatic carbocycles. The highest BCUT2D eigenvalue weighted by Gasteiger charge is 2.23. The smallest absolute Gasteiger partial charge is 0.323 e. The Morgan fingerprint density at radius 3 is 3.00 bits per heavy atom. The first-order chi connectivity index (χ1) is 7.18. The molecule has 0 fully saturated rings. The molecule has 0 radical (unpaired) electrons. The summed E-state index contributed by atoms with van der Waals surface area (Å²) in [5.41, 5.74) is 2.34. The van der Waals surface area contributed by atoms with Crippen molar-refractivity contribution in [3.8, 4) is 0 Å². The Labute approximate surface area is 89.3 Å². The third kappa shape index (κ3) is 1.96. The van der Waals surface area contributed by atoms with Crippen molar-refractivity contribution < 1.29 is 9.90 Å². The average Bonchev–Trinajstić information content (AvgIpc) is 2.22. The summed E-state index contributed by atoms with van der Waals surface area (Å²) in [5.74, 6) is -0.765. The number of aryl methyl sites for hydroxylation is 1. The molecular weight excluding hydrogens is 190 g/mol. The normalized spacial score (nSPS) is 19.8. The highest BCUT2D eigenvalue weighted by Crippen LogP contribution is 2.29. The summed E-state index contributed by atoms with van der Waals surface area (Å²) in [6.07, 6.45) is 2.08. The van der Waals surface area contributed by atoms with Gasteiger partial charge in [-0.2, -0.15) is 0 Å². The van der Waals surface area contributed by atoms with E-state index in [1.807, 2.05) is 23.1 Å². The summed E-state index contributed by atoms with van der Waals surface area (Å²) < 4.78 is 0. The van der Waals surface area contributed by atoms with E-state index in [4.69, 9.17) is 5.11 Å². The Balaban J connectivity index is 2.32. The van der Waals surface area contributed by atoms with Crippen molar-refractivity contribution in [1.29, 1.82) is 0 Å². The first-order valence-corrected chi connectivity index (χ1v) is 5.25. The zero-order chi connectivity index (χ0) is 10.8. The summed E-state index contributed by atoms with van der Waals surface area (Å²) in [5, 5.41) is 8.87. The number of hydrogen-bond donors (Lipinski definition) is 1. The molecule has 0 saturated heterocycles. The number of fused-ring (bicyclic) bond motifs is 1. The molecule has 1 aliphatic heterocycles. The monoisotopic (exact) mass is 205 g/mol. The Kier molecular flexibility index (Phi) is 2.62. The molecule has 0 aromatic heterocycles. The molecule has 15 heavy (non-hydrogen) atoms. The van der Waals surface area contributed by atoms with Gasteiger partial charge >= 0.3 is 5.97 Å². The van der Waals surface area contributed by atoms with E-state index in [0.29, 0.717) is 6.04 Å². The average molecular weight is 205 g/mol. The van der Waals surface area contributed by atoms with Crippen LogP contribution in [0.5, 0.6) is 0 Å². The minimum absolute atomic E-state index is 0.0954. The van der Waals surface area contributed by atoms with Crippen molar-refractivity contribution in [2.24, 2.45) is 0 Å². The van der Waals surface area contributed by atoms with Gasteiger partial charge in [-0.25, -0.2) is 0 Å². The van der Waals surface area contributed by atoms with Crippen LogP contribution >= 0.6 is 0 Å². The van der Waals surface area contributed by atoms with Gasteiger partial charge in [0.15, 0.2) is 0 Å². The number of nitrogens with zero attached hydrogens (tertiary/aromatic N) is 1. The molecular formula is C12H15NO2. The van der Waals surface area contributed by atoms with Crippen LogP contribution in [0.15, 0.2) is 24.3 Å². The molecule has 0 saturated carbocycles. The fourth-order valence-electron chi connectivity index (χ4n) is 2.15. The van der Waals surface area contributed by atoms with Crippen LogP contribution in [0.2, 0.25) is 0 Å². The lowest BCUT2D eigenvalue weighted by Gasteiger charge is -2.35. The maximum Gasteiger partial charge on any atom is 0.323 e. The van der Waals surface area contributed by atoms with Crippen LogP contribution in [0, 0.1) is 0 Å². The van der Waals surface area contributed by atoms with Gasteiger partial charge in [0.05, 0.1) is 0 Å². The SMILES string of the molecule is CC1CCc2ccccc2N1CC(=O)O. The lowest BCUT2D eigenvalue weighted by molar-refractivity contribution is -0.135. The number of benzene rings is 1. The first-order valence-electron chi connectivity index (χ1n) is 5.25. The van der Waals surface area contributed by atoms with Crippen LogP contribution in [-0.4, -0.2) is 23.7 Å². The van der Waals surface area contributed by atoms with E-state index in [2.05, 4.69) is 13.0 Å². The van der Waals surface area contributed by atoms with E-state index in [-0.39, 0.29) is 6.54 Å². The molecule has 0 spiro atoms. The van der Waals surface area contributed by atoms with Crippen LogP contribution in [0.4, 0.5) is 5.69 Å². The van der Waals surface area contributed by atoms with Crippen molar-refractivity contribution in [2.75, 3.05) is 11.4 Å². The second kappa shape index (κ2) is 3.93. The molecule has 1 N–H and O–H groups in total. The summed E-state index contributed by atoms with van der Waals surface area (Å²) >= 11 is 0. The van der Waals surface area contributed by atoms with Gasteiger partial charge in [-0.05, 0) is 31.4 Å². The van der Waals surface area contributed by atoms with Gasteiger partial charge in [-0.15, -0.1) is 0 Å². The van der Waals surface area contributed by atoms with Gasteiger partial charge in [0, 0.05) is 11.7 Å². The number of rotatable bonds is 2. The number of carbonyl (C=O) groups is 1. The highest BCUT2D eigenvalue weighted by molar-refractivity contribution is 5.75. The largest absolute Gasteiger partial charge is 0.480 e. The predicted octanol–water partition coefficient (Wildman–Crippen LogP) is 1.91. The minimum Gasteiger partial charge on any atom is -0.480 e. The Hall–Kier alpha value is -1.51. The van der Waals surface area contributed by atoms with Gasteiger partial charge < -0.3 is 10.0 Å². The fraction of sp³-hybridized carbons (Fsp3) is 0.417. The lowest BCUT2D eigenvalue weighted by atomic mass is 9.97. The van der Waals surface area contributed by atoms with Crippen LogP contribution < -0.4 is 4.90 Å². The Morgan fingerprint density at radius 1 is 1.53 bits per heavy atom. The predicted molar refractivity (Wildman–Crippen MR) is 59.2 cm³/mol. The van der Waals surface area contributed by atoms with E-state index < -0.39 is 5.97 Å². The number of carboxylic acid groups (broad SMARTS) is 1. The molecule has 1 unspecified atom stereocenters. The van der Waals surface area contributed by atoms with E-state index in [9.17, 15) is 4.79 Å². The molecule has 1 aliphatic rings. The number of para-hydroxylation sites is 1. The second-order valence-corrected chi connectivity index (χ2v) is 4.04. The molecule has 1 atom stereocenters. The molecule has 3 nitrogen and oxygen atoms in total. The topological polar surface area (TPSA) is 40.5 Å². The number of anilines is 1. The minimum atomic E-state index is -0.765. The van der Waals surface area contributed by atoms with Crippen molar-refractivity contribution in [3.05, 3.63) is 29.8 Å². The van der Waals surface area contributed by atoms with E-state index in [1.54, 1.807) is 0 Å². The van der Waals surface area contributed by atoms with Crippen LogP contribution in [0.3, 0.4) is 0 Å². The molecule has 0 bridgehead atoms. The van der Waals surface area contributed by atoms with Gasteiger partial charge in [0.1, 0.15) is 6.54 Å². The van der Waals surface area contributed by atoms with Crippen LogP contribution in [0.1, 0.15) is 18.9 Å². The van der Waals surface area contributed by atoms with E-state index in [0.717, 1.165) is 18.5 Å². The fourth-order valence-corrected chi connectivity index (χ4v) is 2.15. The molecule has 1 heterocycles. The van der Waals surface area contributed by atoms with E-state index in [1.165, 1.54) is 5.56 Å². The molecule has 2 rings (SSSR count). The zero-order valence-corrected chi connectivity index (χ0v) is 8.81. The molecule has 1 aromatic rings. The molecule has 0 amide bonds. The number of aliphatic carboxylic acids is 1. The zero-order valence-electron chi connectivity index (χ0n) is 8.81. The Bertz CT molecular complexity index is 376.